The minimum absolute atomic E-state index is 0.0238. The van der Waals surface area contributed by atoms with Crippen LogP contribution in [0.5, 0.6) is 11.8 Å². The summed E-state index contributed by atoms with van der Waals surface area (Å²) in [7, 11) is 1.57. The fourth-order valence-electron chi connectivity index (χ4n) is 3.41. The molecule has 1 atom stereocenters. The number of nitrogens with zero attached hydrogens (tertiary/aromatic N) is 6. The van der Waals surface area contributed by atoms with E-state index in [0.29, 0.717) is 32.1 Å². The number of hydrogen-bond donors (Lipinski definition) is 0. The summed E-state index contributed by atoms with van der Waals surface area (Å²) in [5.41, 5.74) is -0.595. The van der Waals surface area contributed by atoms with Crippen molar-refractivity contribution in [2.24, 2.45) is 0 Å². The molecule has 3 heterocycles. The molecular weight excluding hydrogens is 563 g/mol. The lowest BCUT2D eigenvalue weighted by molar-refractivity contribution is 0.0289. The largest absolute Gasteiger partial charge is 0.474 e. The van der Waals surface area contributed by atoms with Crippen LogP contribution >= 0.6 is 34.8 Å². The van der Waals surface area contributed by atoms with Gasteiger partial charge in [-0.25, -0.2) is 14.8 Å². The van der Waals surface area contributed by atoms with Crippen molar-refractivity contribution in [2.75, 3.05) is 58.3 Å². The third-order valence-corrected chi connectivity index (χ3v) is 5.82. The number of hydrogen-bond acceptors (Lipinski definition) is 11. The van der Waals surface area contributed by atoms with Crippen molar-refractivity contribution in [3.63, 3.8) is 0 Å². The number of likely N-dealkylation sites (tertiary alicyclic amines) is 1. The van der Waals surface area contributed by atoms with Crippen molar-refractivity contribution in [3.05, 3.63) is 27.7 Å². The summed E-state index contributed by atoms with van der Waals surface area (Å²) in [6, 6.07) is -0.147. The number of methoxy groups -OCH3 is 1. The Kier molecular flexibility index (Phi) is 11.2. The molecule has 1 unspecified atom stereocenters. The molecule has 1 aliphatic rings. The Morgan fingerprint density at radius 2 is 1.68 bits per heavy atom. The van der Waals surface area contributed by atoms with Crippen LogP contribution in [0.25, 0.3) is 0 Å². The van der Waals surface area contributed by atoms with Crippen LogP contribution in [0.4, 0.5) is 10.7 Å². The molecule has 3 rings (SSSR count). The van der Waals surface area contributed by atoms with Gasteiger partial charge in [-0.15, -0.1) is 0 Å². The monoisotopic (exact) mass is 592 g/mol. The highest BCUT2D eigenvalue weighted by Crippen LogP contribution is 2.27. The normalized spacial score (nSPS) is 15.4. The maximum atomic E-state index is 12.6. The quantitative estimate of drug-likeness (QED) is 0.201. The van der Waals surface area contributed by atoms with E-state index in [1.54, 1.807) is 12.0 Å². The van der Waals surface area contributed by atoms with Crippen molar-refractivity contribution in [3.8, 4) is 11.8 Å². The summed E-state index contributed by atoms with van der Waals surface area (Å²) in [5.74, 6) is 0.721. The molecule has 38 heavy (non-hydrogen) atoms. The summed E-state index contributed by atoms with van der Waals surface area (Å²) in [4.78, 5) is 32.7. The molecular formula is C23H31Cl3N6O6. The highest BCUT2D eigenvalue weighted by molar-refractivity contribution is 6.32. The van der Waals surface area contributed by atoms with Crippen molar-refractivity contribution in [1.82, 2.24) is 24.8 Å². The highest BCUT2D eigenvalue weighted by Gasteiger charge is 2.34. The van der Waals surface area contributed by atoms with E-state index in [1.807, 2.05) is 25.7 Å². The van der Waals surface area contributed by atoms with Gasteiger partial charge in [0.05, 0.1) is 31.6 Å². The topological polar surface area (TPSA) is 121 Å². The SMILES string of the molecule is COCCOc1nc(N(COCCOc2nc(Cl)ncc2Cl)C2CCN(C(=O)OC(C)(C)C)C2)ncc1Cl. The molecule has 0 aromatic carbocycles. The fourth-order valence-corrected chi connectivity index (χ4v) is 3.83. The molecule has 1 fully saturated rings. The lowest BCUT2D eigenvalue weighted by atomic mass is 10.2. The number of rotatable bonds is 12. The lowest BCUT2D eigenvalue weighted by Crippen LogP contribution is -2.42. The van der Waals surface area contributed by atoms with Crippen LogP contribution < -0.4 is 14.4 Å². The van der Waals surface area contributed by atoms with Gasteiger partial charge in [0.2, 0.25) is 23.0 Å². The molecule has 0 radical (unpaired) electrons. The van der Waals surface area contributed by atoms with E-state index in [2.05, 4.69) is 19.9 Å². The Morgan fingerprint density at radius 1 is 1.03 bits per heavy atom. The molecule has 0 aliphatic carbocycles. The third kappa shape index (κ3) is 9.12. The van der Waals surface area contributed by atoms with Gasteiger partial charge in [0, 0.05) is 20.2 Å². The zero-order chi connectivity index (χ0) is 27.7. The first-order chi connectivity index (χ1) is 18.1. The third-order valence-electron chi connectivity index (χ3n) is 5.12. The zero-order valence-electron chi connectivity index (χ0n) is 21.7. The van der Waals surface area contributed by atoms with Gasteiger partial charge < -0.3 is 33.5 Å². The fraction of sp³-hybridized carbons (Fsp3) is 0.609. The Bertz CT molecular complexity index is 1080. The molecule has 0 N–H and O–H groups in total. The minimum Gasteiger partial charge on any atom is -0.474 e. The molecule has 1 amide bonds. The number of aromatic nitrogens is 4. The molecule has 0 spiro atoms. The number of amides is 1. The van der Waals surface area contributed by atoms with Gasteiger partial charge in [-0.3, -0.25) is 0 Å². The summed E-state index contributed by atoms with van der Waals surface area (Å²) < 4.78 is 27.6. The van der Waals surface area contributed by atoms with E-state index in [9.17, 15) is 4.79 Å². The van der Waals surface area contributed by atoms with Crippen molar-refractivity contribution < 1.29 is 28.5 Å². The highest BCUT2D eigenvalue weighted by atomic mass is 35.5. The van der Waals surface area contributed by atoms with Crippen LogP contribution in [0, 0.1) is 0 Å². The van der Waals surface area contributed by atoms with Crippen LogP contribution in [0.15, 0.2) is 12.4 Å². The van der Waals surface area contributed by atoms with Crippen LogP contribution in [0.1, 0.15) is 27.2 Å². The average molecular weight is 594 g/mol. The average Bonchev–Trinajstić information content (AvgIpc) is 3.34. The maximum Gasteiger partial charge on any atom is 0.410 e. The van der Waals surface area contributed by atoms with E-state index in [4.69, 9.17) is 58.5 Å². The van der Waals surface area contributed by atoms with Gasteiger partial charge in [0.15, 0.2) is 0 Å². The van der Waals surface area contributed by atoms with Crippen LogP contribution in [-0.4, -0.2) is 95.9 Å². The molecule has 0 saturated carbocycles. The molecule has 2 aromatic rings. The summed E-state index contributed by atoms with van der Waals surface area (Å²) >= 11 is 18.1. The first kappa shape index (κ1) is 30.2. The Hall–Kier alpha value is -2.38. The van der Waals surface area contributed by atoms with Gasteiger partial charge in [-0.2, -0.15) is 9.97 Å². The second-order valence-corrected chi connectivity index (χ2v) is 10.3. The molecule has 210 valence electrons. The molecule has 0 bridgehead atoms. The van der Waals surface area contributed by atoms with E-state index in [0.717, 1.165) is 0 Å². The number of halogens is 3. The van der Waals surface area contributed by atoms with Gasteiger partial charge in [0.1, 0.15) is 35.6 Å². The maximum absolute atomic E-state index is 12.6. The zero-order valence-corrected chi connectivity index (χ0v) is 23.9. The van der Waals surface area contributed by atoms with E-state index in [1.165, 1.54) is 12.4 Å². The number of carbonyl (C=O) groups excluding carboxylic acids is 1. The van der Waals surface area contributed by atoms with Crippen molar-refractivity contribution in [1.29, 1.82) is 0 Å². The molecule has 2 aromatic heterocycles. The summed E-state index contributed by atoms with van der Waals surface area (Å²) in [5, 5.41) is 0.525. The van der Waals surface area contributed by atoms with Gasteiger partial charge in [-0.05, 0) is 38.8 Å². The Morgan fingerprint density at radius 3 is 2.37 bits per heavy atom. The van der Waals surface area contributed by atoms with E-state index in [-0.39, 0.29) is 65.8 Å². The predicted molar refractivity (Wildman–Crippen MR) is 141 cm³/mol. The number of carbonyl (C=O) groups is 1. The Balaban J connectivity index is 1.68. The lowest BCUT2D eigenvalue weighted by Gasteiger charge is -2.29. The second kappa shape index (κ2) is 14.1. The van der Waals surface area contributed by atoms with Gasteiger partial charge in [0.25, 0.3) is 0 Å². The summed E-state index contributed by atoms with van der Waals surface area (Å²) in [6.07, 6.45) is 3.09. The first-order valence-electron chi connectivity index (χ1n) is 11.8. The summed E-state index contributed by atoms with van der Waals surface area (Å²) in [6.45, 7) is 7.50. The predicted octanol–water partition coefficient (Wildman–Crippen LogP) is 4.12. The van der Waals surface area contributed by atoms with Crippen LogP contribution in [-0.2, 0) is 14.2 Å². The molecule has 1 aliphatic heterocycles. The molecule has 12 nitrogen and oxygen atoms in total. The minimum atomic E-state index is -0.595. The van der Waals surface area contributed by atoms with Crippen LogP contribution in [0.3, 0.4) is 0 Å². The first-order valence-corrected chi connectivity index (χ1v) is 13.0. The smallest absolute Gasteiger partial charge is 0.410 e. The molecule has 1 saturated heterocycles. The van der Waals surface area contributed by atoms with Gasteiger partial charge >= 0.3 is 6.09 Å². The Labute approximate surface area is 236 Å². The van der Waals surface area contributed by atoms with Gasteiger partial charge in [-0.1, -0.05) is 23.2 Å². The standard InChI is InChI=1S/C23H31Cl3N6O6/c1-23(2,3)38-22(33)31-6-5-15(13-31)32(21-28-12-17(25)19(30-21)36-9-7-34-4)14-35-8-10-37-18-16(24)11-27-20(26)29-18/h11-12,15H,5-10,13-14H2,1-4H3. The number of ether oxygens (including phenoxy) is 5. The van der Waals surface area contributed by atoms with Crippen LogP contribution in [0.2, 0.25) is 15.3 Å². The van der Waals surface area contributed by atoms with E-state index < -0.39 is 5.60 Å². The van der Waals surface area contributed by atoms with Crippen molar-refractivity contribution in [2.45, 2.75) is 38.8 Å². The second-order valence-electron chi connectivity index (χ2n) is 9.18. The number of anilines is 1. The molecule has 15 heteroatoms. The van der Waals surface area contributed by atoms with Crippen molar-refractivity contribution >= 4 is 46.8 Å². The van der Waals surface area contributed by atoms with E-state index >= 15 is 0 Å².